The summed E-state index contributed by atoms with van der Waals surface area (Å²) < 4.78 is 67.6. The standard InChI is InChI=1S/C29H19F5/c1-2-3-4-19-5-7-20(8-6-19)9-10-21-11-14-24-22(17-21)12-15-25(28(24)31)23-13-16-26(27(30)18-23)29(32,33)34/h2,5-8,11-18H,1,3-4H2. The van der Waals surface area contributed by atoms with Crippen LogP contribution in [-0.2, 0) is 12.6 Å². The minimum absolute atomic E-state index is 0.0236. The van der Waals surface area contributed by atoms with Crippen molar-refractivity contribution in [3.05, 3.63) is 119 Å². The smallest absolute Gasteiger partial charge is 0.206 e. The molecule has 0 aliphatic carbocycles. The Balaban J connectivity index is 1.61. The van der Waals surface area contributed by atoms with Crippen molar-refractivity contribution >= 4 is 10.8 Å². The van der Waals surface area contributed by atoms with E-state index in [1.54, 1.807) is 24.3 Å². The van der Waals surface area contributed by atoms with E-state index in [0.29, 0.717) is 23.1 Å². The minimum Gasteiger partial charge on any atom is -0.206 e. The van der Waals surface area contributed by atoms with Crippen LogP contribution in [0.2, 0.25) is 0 Å². The Morgan fingerprint density at radius 2 is 1.50 bits per heavy atom. The maximum atomic E-state index is 15.1. The maximum Gasteiger partial charge on any atom is 0.419 e. The molecule has 0 nitrogen and oxygen atoms in total. The highest BCUT2D eigenvalue weighted by molar-refractivity contribution is 5.89. The van der Waals surface area contributed by atoms with E-state index in [0.717, 1.165) is 24.5 Å². The van der Waals surface area contributed by atoms with Crippen LogP contribution in [0, 0.1) is 23.5 Å². The number of hydrogen-bond donors (Lipinski definition) is 0. The van der Waals surface area contributed by atoms with E-state index in [1.807, 2.05) is 30.3 Å². The van der Waals surface area contributed by atoms with Gasteiger partial charge in [0.25, 0.3) is 0 Å². The van der Waals surface area contributed by atoms with Crippen molar-refractivity contribution in [3.63, 3.8) is 0 Å². The Kier molecular flexibility index (Phi) is 6.51. The molecule has 0 saturated heterocycles. The first kappa shape index (κ1) is 23.3. The predicted octanol–water partition coefficient (Wildman–Crippen LogP) is 8.32. The Labute approximate surface area is 194 Å². The second-order valence-corrected chi connectivity index (χ2v) is 7.83. The van der Waals surface area contributed by atoms with E-state index in [-0.39, 0.29) is 16.5 Å². The summed E-state index contributed by atoms with van der Waals surface area (Å²) >= 11 is 0. The SMILES string of the molecule is C=CCCc1ccc(C#Cc2ccc3c(F)c(-c4ccc(C(F)(F)F)c(F)c4)ccc3c2)cc1. The van der Waals surface area contributed by atoms with E-state index in [9.17, 15) is 17.6 Å². The van der Waals surface area contributed by atoms with Gasteiger partial charge in [0.1, 0.15) is 11.6 Å². The molecule has 0 atom stereocenters. The van der Waals surface area contributed by atoms with Gasteiger partial charge in [0, 0.05) is 22.1 Å². The van der Waals surface area contributed by atoms with Gasteiger partial charge in [-0.1, -0.05) is 54.3 Å². The molecule has 4 aromatic carbocycles. The van der Waals surface area contributed by atoms with Gasteiger partial charge in [0.05, 0.1) is 5.56 Å². The van der Waals surface area contributed by atoms with Gasteiger partial charge in [-0.25, -0.2) is 8.78 Å². The first-order valence-corrected chi connectivity index (χ1v) is 10.6. The molecule has 0 fully saturated rings. The molecule has 0 unspecified atom stereocenters. The minimum atomic E-state index is -4.81. The molecule has 0 spiro atoms. The van der Waals surface area contributed by atoms with Crippen molar-refractivity contribution in [1.82, 2.24) is 0 Å². The summed E-state index contributed by atoms with van der Waals surface area (Å²) in [6.07, 6.45) is -1.10. The van der Waals surface area contributed by atoms with Crippen LogP contribution >= 0.6 is 0 Å². The van der Waals surface area contributed by atoms with Crippen LogP contribution in [0.1, 0.15) is 28.7 Å². The molecule has 0 aliphatic rings. The zero-order chi connectivity index (χ0) is 24.3. The van der Waals surface area contributed by atoms with Crippen LogP contribution in [-0.4, -0.2) is 0 Å². The highest BCUT2D eigenvalue weighted by Crippen LogP contribution is 2.35. The molecule has 4 aromatic rings. The van der Waals surface area contributed by atoms with Crippen LogP contribution in [0.3, 0.4) is 0 Å². The van der Waals surface area contributed by atoms with Crippen molar-refractivity contribution in [2.24, 2.45) is 0 Å². The molecule has 4 rings (SSSR count). The molecule has 0 aliphatic heterocycles. The van der Waals surface area contributed by atoms with E-state index >= 15 is 4.39 Å². The highest BCUT2D eigenvalue weighted by Gasteiger charge is 2.34. The molecular weight excluding hydrogens is 443 g/mol. The third kappa shape index (κ3) is 5.02. The molecule has 170 valence electrons. The number of fused-ring (bicyclic) bond motifs is 1. The third-order valence-electron chi connectivity index (χ3n) is 5.48. The fraction of sp³-hybridized carbons (Fsp3) is 0.103. The largest absolute Gasteiger partial charge is 0.419 e. The van der Waals surface area contributed by atoms with Crippen LogP contribution in [0.25, 0.3) is 21.9 Å². The third-order valence-corrected chi connectivity index (χ3v) is 5.48. The molecule has 0 radical (unpaired) electrons. The van der Waals surface area contributed by atoms with Gasteiger partial charge in [-0.05, 0) is 65.8 Å². The molecule has 5 heteroatoms. The maximum absolute atomic E-state index is 15.1. The topological polar surface area (TPSA) is 0 Å². The summed E-state index contributed by atoms with van der Waals surface area (Å²) in [5, 5.41) is 0.857. The molecule has 0 heterocycles. The summed E-state index contributed by atoms with van der Waals surface area (Å²) in [5.41, 5.74) is 1.42. The first-order chi connectivity index (χ1) is 16.3. The van der Waals surface area contributed by atoms with Gasteiger partial charge in [-0.3, -0.25) is 0 Å². The monoisotopic (exact) mass is 462 g/mol. The van der Waals surface area contributed by atoms with Crippen LogP contribution in [0.5, 0.6) is 0 Å². The number of halogens is 5. The normalized spacial score (nSPS) is 11.2. The van der Waals surface area contributed by atoms with Gasteiger partial charge in [0.2, 0.25) is 0 Å². The summed E-state index contributed by atoms with van der Waals surface area (Å²) in [4.78, 5) is 0. The van der Waals surface area contributed by atoms with Crippen LogP contribution < -0.4 is 0 Å². The number of aryl methyl sites for hydroxylation is 1. The molecule has 0 amide bonds. The van der Waals surface area contributed by atoms with Gasteiger partial charge in [-0.15, -0.1) is 6.58 Å². The lowest BCUT2D eigenvalue weighted by Crippen LogP contribution is -2.07. The van der Waals surface area contributed by atoms with Gasteiger partial charge in [-0.2, -0.15) is 13.2 Å². The lowest BCUT2D eigenvalue weighted by Gasteiger charge is -2.11. The predicted molar refractivity (Wildman–Crippen MR) is 125 cm³/mol. The molecule has 0 aromatic heterocycles. The van der Waals surface area contributed by atoms with Crippen molar-refractivity contribution in [1.29, 1.82) is 0 Å². The Hall–Kier alpha value is -3.91. The van der Waals surface area contributed by atoms with Gasteiger partial charge in [0.15, 0.2) is 0 Å². The molecule has 34 heavy (non-hydrogen) atoms. The summed E-state index contributed by atoms with van der Waals surface area (Å²) in [7, 11) is 0. The Morgan fingerprint density at radius 3 is 2.18 bits per heavy atom. The molecule has 0 bridgehead atoms. The Morgan fingerprint density at radius 1 is 0.794 bits per heavy atom. The lowest BCUT2D eigenvalue weighted by molar-refractivity contribution is -0.139. The van der Waals surface area contributed by atoms with Crippen molar-refractivity contribution in [3.8, 4) is 23.0 Å². The lowest BCUT2D eigenvalue weighted by atomic mass is 9.98. The number of alkyl halides is 3. The summed E-state index contributed by atoms with van der Waals surface area (Å²) in [6.45, 7) is 3.72. The quantitative estimate of drug-likeness (QED) is 0.162. The summed E-state index contributed by atoms with van der Waals surface area (Å²) in [5.74, 6) is 4.08. The first-order valence-electron chi connectivity index (χ1n) is 10.6. The van der Waals surface area contributed by atoms with Crippen LogP contribution in [0.4, 0.5) is 22.0 Å². The van der Waals surface area contributed by atoms with Crippen molar-refractivity contribution < 1.29 is 22.0 Å². The second-order valence-electron chi connectivity index (χ2n) is 7.83. The number of benzene rings is 4. The average Bonchev–Trinajstić information content (AvgIpc) is 2.81. The zero-order valence-corrected chi connectivity index (χ0v) is 18.0. The molecule has 0 N–H and O–H groups in total. The van der Waals surface area contributed by atoms with Gasteiger partial charge < -0.3 is 0 Å². The number of allylic oxidation sites excluding steroid dienone is 1. The van der Waals surface area contributed by atoms with Crippen LogP contribution in [0.15, 0.2) is 85.5 Å². The van der Waals surface area contributed by atoms with E-state index in [4.69, 9.17) is 0 Å². The number of rotatable bonds is 4. The van der Waals surface area contributed by atoms with Crippen molar-refractivity contribution in [2.75, 3.05) is 0 Å². The summed E-state index contributed by atoms with van der Waals surface area (Å²) in [6, 6.07) is 18.4. The average molecular weight is 462 g/mol. The fourth-order valence-electron chi connectivity index (χ4n) is 3.67. The molecular formula is C29H19F5. The number of hydrogen-bond acceptors (Lipinski definition) is 0. The van der Waals surface area contributed by atoms with Gasteiger partial charge >= 0.3 is 6.18 Å². The molecule has 0 saturated carbocycles. The van der Waals surface area contributed by atoms with Crippen molar-refractivity contribution in [2.45, 2.75) is 19.0 Å². The van der Waals surface area contributed by atoms with E-state index in [2.05, 4.69) is 18.4 Å². The zero-order valence-electron chi connectivity index (χ0n) is 18.0. The highest BCUT2D eigenvalue weighted by atomic mass is 19.4. The van der Waals surface area contributed by atoms with E-state index < -0.39 is 23.4 Å². The Bertz CT molecular complexity index is 1420. The van der Waals surface area contributed by atoms with E-state index in [1.165, 1.54) is 11.6 Å². The second kappa shape index (κ2) is 9.52. The fourth-order valence-corrected chi connectivity index (χ4v) is 3.67.